The monoisotopic (exact) mass is 721 g/mol. The lowest BCUT2D eigenvalue weighted by molar-refractivity contribution is 0.0836. The van der Waals surface area contributed by atoms with Gasteiger partial charge in [0.05, 0.1) is 44.3 Å². The van der Waals surface area contributed by atoms with E-state index in [0.29, 0.717) is 42.9 Å². The summed E-state index contributed by atoms with van der Waals surface area (Å²) in [5.41, 5.74) is 6.00. The summed E-state index contributed by atoms with van der Waals surface area (Å²) < 4.78 is 25.6. The molecule has 7 rings (SSSR count). The first-order valence-corrected chi connectivity index (χ1v) is 18.5. The third-order valence-corrected chi connectivity index (χ3v) is 10.0. The Morgan fingerprint density at radius 1 is 0.962 bits per heavy atom. The van der Waals surface area contributed by atoms with E-state index in [9.17, 15) is 20.1 Å². The molecular formula is C42H47N3O8. The number of phenolic OH excluding ortho intramolecular Hbond substituents is 1. The number of rotatable bonds is 12. The van der Waals surface area contributed by atoms with Gasteiger partial charge in [-0.3, -0.25) is 4.79 Å². The van der Waals surface area contributed by atoms with Gasteiger partial charge in [-0.2, -0.15) is 0 Å². The molecule has 3 atom stereocenters. The van der Waals surface area contributed by atoms with Gasteiger partial charge in [-0.05, 0) is 47.7 Å². The number of ketones is 1. The Morgan fingerprint density at radius 3 is 2.47 bits per heavy atom. The maximum atomic E-state index is 14.4. The van der Waals surface area contributed by atoms with Gasteiger partial charge >= 0.3 is 0 Å². The number of hydrogen-bond donors (Lipinski definition) is 5. The molecule has 0 amide bonds. The molecule has 278 valence electrons. The predicted molar refractivity (Wildman–Crippen MR) is 202 cm³/mol. The summed E-state index contributed by atoms with van der Waals surface area (Å²) in [7, 11) is 1.51. The normalized spacial score (nSPS) is 19.1. The molecule has 0 aliphatic carbocycles. The Balaban J connectivity index is 1.45. The van der Waals surface area contributed by atoms with Gasteiger partial charge in [-0.1, -0.05) is 55.2 Å². The first kappa shape index (κ1) is 36.2. The van der Waals surface area contributed by atoms with Crippen molar-refractivity contribution < 1.29 is 39.1 Å². The molecule has 0 saturated carbocycles. The molecular weight excluding hydrogens is 674 g/mol. The molecule has 4 aromatic rings. The number of nitrogens with one attached hydrogen (secondary N) is 2. The first-order valence-electron chi connectivity index (χ1n) is 18.5. The van der Waals surface area contributed by atoms with Crippen LogP contribution in [0.3, 0.4) is 0 Å². The van der Waals surface area contributed by atoms with Crippen molar-refractivity contribution in [1.29, 1.82) is 0 Å². The smallest absolute Gasteiger partial charge is 0.204 e. The average Bonchev–Trinajstić information content (AvgIpc) is 3.62. The molecule has 3 aliphatic heterocycles. The standard InChI is InChI=1S/C42H47N3O8/c1-3-30-23-33-28-8-4-7-26(21-28)22-29(9-12-31-25-45(16-15-43-31)42(33)44-30)36-38-37(34(49)24-35(53-38)27-10-13-32(48)14-11-27)40(52-20-6-18-47)41(50-2)39(36)51-19-5-17-46/h4,7-8,10-11,13-14,21,23,29,31,35,43-44,46-48H,3,5-6,15-20,22,24-25H2,1-2H3/t29-,31+,35?/m1/s1. The summed E-state index contributed by atoms with van der Waals surface area (Å²) in [4.78, 5) is 20.4. The van der Waals surface area contributed by atoms with E-state index < -0.39 is 12.0 Å². The van der Waals surface area contributed by atoms with Crippen LogP contribution in [0.5, 0.6) is 28.7 Å². The number of aromatic hydroxyl groups is 1. The number of carbonyl (C=O) groups is 1. The average molecular weight is 722 g/mol. The van der Waals surface area contributed by atoms with Gasteiger partial charge in [0.1, 0.15) is 29.0 Å². The molecule has 4 bridgehead atoms. The van der Waals surface area contributed by atoms with E-state index >= 15 is 0 Å². The number of carbonyl (C=O) groups excluding carboxylic acids is 1. The summed E-state index contributed by atoms with van der Waals surface area (Å²) in [6.07, 6.45) is 1.42. The molecule has 5 N–H and O–H groups in total. The topological polar surface area (TPSA) is 146 Å². The highest BCUT2D eigenvalue weighted by atomic mass is 16.5. The number of anilines is 1. The molecule has 1 fully saturated rings. The highest BCUT2D eigenvalue weighted by Gasteiger charge is 2.40. The minimum Gasteiger partial charge on any atom is -0.508 e. The number of aliphatic hydroxyl groups is 2. The zero-order chi connectivity index (χ0) is 36.9. The number of aromatic nitrogens is 1. The molecule has 1 unspecified atom stereocenters. The lowest BCUT2D eigenvalue weighted by Crippen LogP contribution is -2.50. The van der Waals surface area contributed by atoms with E-state index in [0.717, 1.165) is 47.6 Å². The van der Waals surface area contributed by atoms with E-state index in [-0.39, 0.29) is 67.5 Å². The fraction of sp³-hybridized carbons (Fsp3) is 0.405. The number of phenols is 1. The summed E-state index contributed by atoms with van der Waals surface area (Å²) in [6, 6.07) is 17.2. The molecule has 53 heavy (non-hydrogen) atoms. The lowest BCUT2D eigenvalue weighted by atomic mass is 9.85. The van der Waals surface area contributed by atoms with Crippen LogP contribution in [-0.4, -0.2) is 85.3 Å². The van der Waals surface area contributed by atoms with Gasteiger partial charge in [0, 0.05) is 56.9 Å². The number of piperazine rings is 1. The van der Waals surface area contributed by atoms with E-state index in [4.69, 9.17) is 18.9 Å². The Kier molecular flexibility index (Phi) is 11.1. The molecule has 1 saturated heterocycles. The number of aromatic amines is 1. The zero-order valence-corrected chi connectivity index (χ0v) is 30.2. The minimum atomic E-state index is -0.658. The summed E-state index contributed by atoms with van der Waals surface area (Å²) in [5.74, 6) is 8.71. The molecule has 3 aromatic carbocycles. The molecule has 11 nitrogen and oxygen atoms in total. The van der Waals surface area contributed by atoms with Crippen molar-refractivity contribution in [3.05, 3.63) is 82.5 Å². The highest BCUT2D eigenvalue weighted by molar-refractivity contribution is 6.05. The first-order chi connectivity index (χ1) is 25.9. The van der Waals surface area contributed by atoms with Crippen molar-refractivity contribution in [1.82, 2.24) is 10.3 Å². The zero-order valence-electron chi connectivity index (χ0n) is 30.2. The third-order valence-electron chi connectivity index (χ3n) is 10.0. The quantitative estimate of drug-likeness (QED) is 0.0965. The van der Waals surface area contributed by atoms with Gasteiger partial charge in [-0.15, -0.1) is 0 Å². The van der Waals surface area contributed by atoms with Crippen molar-refractivity contribution >= 4 is 11.6 Å². The van der Waals surface area contributed by atoms with Crippen molar-refractivity contribution in [3.63, 3.8) is 0 Å². The van der Waals surface area contributed by atoms with Crippen LogP contribution in [0.4, 0.5) is 5.82 Å². The van der Waals surface area contributed by atoms with Crippen molar-refractivity contribution in [2.24, 2.45) is 0 Å². The number of hydrogen-bond acceptors (Lipinski definition) is 10. The van der Waals surface area contributed by atoms with E-state index in [1.54, 1.807) is 24.3 Å². The highest BCUT2D eigenvalue weighted by Crippen LogP contribution is 2.55. The molecule has 0 spiro atoms. The van der Waals surface area contributed by atoms with Gasteiger partial charge < -0.3 is 49.5 Å². The molecule has 0 radical (unpaired) electrons. The number of nitrogens with zero attached hydrogens (tertiary/aromatic N) is 1. The number of aliphatic hydroxyl groups excluding tert-OH is 2. The Labute approximate surface area is 309 Å². The number of methoxy groups -OCH3 is 1. The van der Waals surface area contributed by atoms with E-state index in [1.807, 2.05) is 0 Å². The fourth-order valence-electron chi connectivity index (χ4n) is 7.38. The number of fused-ring (bicyclic) bond motifs is 8. The lowest BCUT2D eigenvalue weighted by Gasteiger charge is -2.34. The molecule has 1 aromatic heterocycles. The summed E-state index contributed by atoms with van der Waals surface area (Å²) in [6.45, 7) is 4.53. The largest absolute Gasteiger partial charge is 0.508 e. The summed E-state index contributed by atoms with van der Waals surface area (Å²) >= 11 is 0. The Bertz CT molecular complexity index is 2000. The number of aryl methyl sites for hydroxylation is 1. The van der Waals surface area contributed by atoms with Crippen LogP contribution in [0.15, 0.2) is 54.6 Å². The van der Waals surface area contributed by atoms with Crippen LogP contribution in [0.2, 0.25) is 0 Å². The maximum absolute atomic E-state index is 14.4. The van der Waals surface area contributed by atoms with Gasteiger partial charge in [-0.25, -0.2) is 0 Å². The van der Waals surface area contributed by atoms with Gasteiger partial charge in [0.15, 0.2) is 17.3 Å². The van der Waals surface area contributed by atoms with Crippen LogP contribution in [-0.2, 0) is 12.8 Å². The number of benzene rings is 3. The van der Waals surface area contributed by atoms with Crippen LogP contribution < -0.4 is 29.2 Å². The molecule has 4 heterocycles. The fourth-order valence-corrected chi connectivity index (χ4v) is 7.38. The second kappa shape index (κ2) is 16.3. The Hall–Kier alpha value is -5.15. The van der Waals surface area contributed by atoms with Crippen molar-refractivity contribution in [3.8, 4) is 51.7 Å². The Morgan fingerprint density at radius 2 is 1.74 bits per heavy atom. The molecule has 11 heteroatoms. The van der Waals surface area contributed by atoms with Crippen LogP contribution in [0.25, 0.3) is 11.1 Å². The predicted octanol–water partition coefficient (Wildman–Crippen LogP) is 5.31. The number of Topliss-reactive ketones (excluding diaryl/α,β-unsaturated/α-hetero) is 1. The van der Waals surface area contributed by atoms with Crippen LogP contribution in [0.1, 0.15) is 71.0 Å². The van der Waals surface area contributed by atoms with E-state index in [1.165, 1.54) is 12.8 Å². The third kappa shape index (κ3) is 7.53. The number of H-pyrrole nitrogens is 1. The molecule has 3 aliphatic rings. The second-order valence-corrected chi connectivity index (χ2v) is 13.6. The van der Waals surface area contributed by atoms with Gasteiger partial charge in [0.2, 0.25) is 5.75 Å². The minimum absolute atomic E-state index is 0.0282. The van der Waals surface area contributed by atoms with Crippen molar-refractivity contribution in [2.45, 2.75) is 57.1 Å². The van der Waals surface area contributed by atoms with Gasteiger partial charge in [0.25, 0.3) is 0 Å². The maximum Gasteiger partial charge on any atom is 0.204 e. The van der Waals surface area contributed by atoms with Crippen molar-refractivity contribution in [2.75, 3.05) is 58.1 Å². The van der Waals surface area contributed by atoms with E-state index in [2.05, 4.69) is 64.3 Å². The van der Waals surface area contributed by atoms with Crippen LogP contribution >= 0.6 is 0 Å². The summed E-state index contributed by atoms with van der Waals surface area (Å²) in [5, 5.41) is 32.9. The SMILES string of the molecule is CCc1cc2c([nH]1)N1CCN[C@@H](C#C[C@@H](c3c(OCCCO)c(OC)c(OCCCO)c4c3OC(c3ccc(O)cc3)CC4=O)Cc3cccc-2c3)C1. The number of ether oxygens (including phenoxy) is 4. The van der Waals surface area contributed by atoms with Crippen LogP contribution in [0, 0.1) is 11.8 Å². The second-order valence-electron chi connectivity index (χ2n) is 13.6.